The van der Waals surface area contributed by atoms with Crippen LogP contribution in [-0.4, -0.2) is 185 Å². The summed E-state index contributed by atoms with van der Waals surface area (Å²) in [4.78, 5) is 48.7. The molecule has 1 radical (unpaired) electrons. The van der Waals surface area contributed by atoms with Crippen LogP contribution in [0, 0.1) is 29.4 Å². The van der Waals surface area contributed by atoms with Gasteiger partial charge < -0.3 is 31.2 Å². The molecule has 0 unspecified atom stereocenters. The second-order valence-electron chi connectivity index (χ2n) is 0.490. The maximum absolute atomic E-state index is 8.11. The molecule has 0 aromatic rings. The normalized spacial score (nSPS) is 3.27. The molecule has 0 spiro atoms. The molecule has 0 atom stereocenters. The standard InChI is InChI=1S/Co.3K.6HNO2.3H/c;;;;6*2-1-3;;;/h;;;;6*(H,2,3);;;. The van der Waals surface area contributed by atoms with Gasteiger partial charge in [-0.25, -0.2) is 0 Å². The van der Waals surface area contributed by atoms with Gasteiger partial charge in [0.2, 0.25) is 0 Å². The summed E-state index contributed by atoms with van der Waals surface area (Å²) in [6.45, 7) is 0. The monoisotopic (exact) mass is 461 g/mol. The van der Waals surface area contributed by atoms with Gasteiger partial charge in [-0.05, 0) is 0 Å². The van der Waals surface area contributed by atoms with Gasteiger partial charge in [0, 0.05) is 16.8 Å². The van der Waals surface area contributed by atoms with Crippen molar-refractivity contribution in [3.05, 3.63) is 29.4 Å². The second-order valence-corrected chi connectivity index (χ2v) is 0.490. The summed E-state index contributed by atoms with van der Waals surface area (Å²) in [7, 11) is 0. The molecule has 0 aliphatic heterocycles. The van der Waals surface area contributed by atoms with E-state index in [-0.39, 0.29) is 171 Å². The third kappa shape index (κ3) is 2870. The summed E-state index contributed by atoms with van der Waals surface area (Å²) in [5, 5.41) is 47.3. The van der Waals surface area contributed by atoms with Gasteiger partial charge in [0.25, 0.3) is 0 Å². The third-order valence-electron chi connectivity index (χ3n) is 0. The molecule has 0 saturated heterocycles. The third-order valence-corrected chi connectivity index (χ3v) is 0. The first-order valence-corrected chi connectivity index (χ1v) is 2.30. The Labute approximate surface area is 257 Å². The predicted octanol–water partition coefficient (Wildman–Crippen LogP) is -1.10. The van der Waals surface area contributed by atoms with Gasteiger partial charge in [0.15, 0.2) is 32.0 Å². The summed E-state index contributed by atoms with van der Waals surface area (Å²) >= 11 is 0. The summed E-state index contributed by atoms with van der Waals surface area (Å²) in [6, 6.07) is 0. The molecule has 6 N–H and O–H groups in total. The van der Waals surface area contributed by atoms with Gasteiger partial charge in [-0.1, -0.05) is 0 Å². The van der Waals surface area contributed by atoms with E-state index in [1.54, 1.807) is 0 Å². The van der Waals surface area contributed by atoms with Crippen LogP contribution in [0.2, 0.25) is 0 Å². The van der Waals surface area contributed by atoms with E-state index in [0.29, 0.717) is 0 Å². The summed E-state index contributed by atoms with van der Waals surface area (Å²) in [5.41, 5.74) is 0. The van der Waals surface area contributed by atoms with Crippen LogP contribution < -0.4 is 0 Å². The Morgan fingerprint density at radius 1 is 0.364 bits per heavy atom. The van der Waals surface area contributed by atoms with Crippen molar-refractivity contribution < 1.29 is 48.0 Å². The number of rotatable bonds is 0. The minimum absolute atomic E-state index is 0. The fraction of sp³-hybridized carbons (Fsp3) is 0. The van der Waals surface area contributed by atoms with Crippen molar-refractivity contribution in [3.8, 4) is 0 Å². The first-order chi connectivity index (χ1) is 8.49. The molecule has 0 amide bonds. The molecule has 22 heteroatoms. The molecule has 0 aromatic heterocycles. The van der Waals surface area contributed by atoms with Crippen LogP contribution >= 0.6 is 0 Å². The molecule has 0 aliphatic rings. The average molecular weight is 461 g/mol. The molecular weight excluding hydrogens is 452 g/mol. The van der Waals surface area contributed by atoms with Crippen LogP contribution in [-0.2, 0) is 16.8 Å². The topological polar surface area (TPSA) is 298 Å². The molecule has 0 heterocycles. The van der Waals surface area contributed by atoms with Crippen LogP contribution in [0.4, 0.5) is 0 Å². The van der Waals surface area contributed by atoms with Gasteiger partial charge in [0.05, 0.1) is 0 Å². The molecule has 18 nitrogen and oxygen atoms in total. The van der Waals surface area contributed by atoms with Gasteiger partial charge in [-0.3, -0.25) is 0 Å². The van der Waals surface area contributed by atoms with E-state index >= 15 is 0 Å². The van der Waals surface area contributed by atoms with Crippen molar-refractivity contribution in [2.24, 2.45) is 32.0 Å². The van der Waals surface area contributed by atoms with Crippen LogP contribution in [0.5, 0.6) is 0 Å². The minimum atomic E-state index is 0. The number of hydrogen-bond donors (Lipinski definition) is 6. The Hall–Kier alpha value is 1.82. The molecule has 123 valence electrons. The number of hydrogen-bond acceptors (Lipinski definition) is 12. The Kier molecular flexibility index (Phi) is 525. The van der Waals surface area contributed by atoms with Gasteiger partial charge in [0.1, 0.15) is 0 Å². The molecule has 0 saturated carbocycles. The van der Waals surface area contributed by atoms with Crippen LogP contribution in [0.3, 0.4) is 0 Å². The van der Waals surface area contributed by atoms with E-state index < -0.39 is 0 Å². The van der Waals surface area contributed by atoms with E-state index in [0.717, 1.165) is 0 Å². The molecule has 0 aromatic carbocycles. The van der Waals surface area contributed by atoms with E-state index in [1.165, 1.54) is 32.0 Å². The first-order valence-electron chi connectivity index (χ1n) is 2.30. The fourth-order valence-corrected chi connectivity index (χ4v) is 0. The Morgan fingerprint density at radius 2 is 0.364 bits per heavy atom. The Morgan fingerprint density at radius 3 is 0.364 bits per heavy atom. The molecule has 22 heavy (non-hydrogen) atoms. The Balaban J connectivity index is -0.00000000947. The quantitative estimate of drug-likeness (QED) is 0.142. The summed E-state index contributed by atoms with van der Waals surface area (Å²) < 4.78 is 0. The van der Waals surface area contributed by atoms with E-state index in [1.807, 2.05) is 0 Å². The summed E-state index contributed by atoms with van der Waals surface area (Å²) in [6.07, 6.45) is 0. The van der Waals surface area contributed by atoms with Crippen molar-refractivity contribution in [2.45, 2.75) is 0 Å². The molecule has 0 aliphatic carbocycles. The average Bonchev–Trinajstić information content (AvgIpc) is 2.23. The SMILES string of the molecule is O=NO.O=NO.O=NO.O=NO.O=NO.O=NO.[Co].[KH].[KH].[KH]. The van der Waals surface area contributed by atoms with E-state index in [9.17, 15) is 0 Å². The molecule has 0 bridgehead atoms. The number of nitrogens with zero attached hydrogens (tertiary/aromatic N) is 6. The van der Waals surface area contributed by atoms with Crippen LogP contribution in [0.1, 0.15) is 0 Å². The van der Waals surface area contributed by atoms with Crippen molar-refractivity contribution in [3.63, 3.8) is 0 Å². The summed E-state index contributed by atoms with van der Waals surface area (Å²) in [5.74, 6) is 0. The van der Waals surface area contributed by atoms with E-state index in [4.69, 9.17) is 60.7 Å². The molecule has 0 rings (SSSR count). The first kappa shape index (κ1) is 65.0. The van der Waals surface area contributed by atoms with Gasteiger partial charge >= 0.3 is 154 Å². The van der Waals surface area contributed by atoms with Crippen molar-refractivity contribution in [1.29, 1.82) is 0 Å². The van der Waals surface area contributed by atoms with Crippen LogP contribution in [0.15, 0.2) is 32.0 Å². The Bertz CT molecular complexity index is 126. The molecule has 0 fully saturated rings. The van der Waals surface area contributed by atoms with Gasteiger partial charge in [-0.2, -0.15) is 0 Å². The second kappa shape index (κ2) is 178. The van der Waals surface area contributed by atoms with Crippen molar-refractivity contribution in [2.75, 3.05) is 0 Å². The van der Waals surface area contributed by atoms with Crippen LogP contribution in [0.25, 0.3) is 0 Å². The van der Waals surface area contributed by atoms with E-state index in [2.05, 4.69) is 0 Å². The zero-order valence-corrected chi connectivity index (χ0v) is 9.19. The van der Waals surface area contributed by atoms with Crippen molar-refractivity contribution in [1.82, 2.24) is 0 Å². The zero-order chi connectivity index (χ0) is 16.2. The van der Waals surface area contributed by atoms with Crippen molar-refractivity contribution >= 4 is 154 Å². The fourth-order valence-electron chi connectivity index (χ4n) is 0. The van der Waals surface area contributed by atoms with Gasteiger partial charge in [-0.15, -0.1) is 29.4 Å². The molecular formula is H9CoK3N6O12. The predicted molar refractivity (Wildman–Crippen MR) is 66.9 cm³/mol. The maximum atomic E-state index is 8.11. The zero-order valence-electron chi connectivity index (χ0n) is 8.15.